The largest absolute Gasteiger partial charge is 0.335 e. The Hall–Kier alpha value is -0.810. The molecule has 0 bridgehead atoms. The number of amides is 2. The monoisotopic (exact) mass is 350 g/mol. The van der Waals surface area contributed by atoms with Crippen molar-refractivity contribution in [1.29, 1.82) is 0 Å². The summed E-state index contributed by atoms with van der Waals surface area (Å²) in [4.78, 5) is 19.9. The molecule has 1 atom stereocenters. The van der Waals surface area contributed by atoms with Crippen LogP contribution in [0.5, 0.6) is 0 Å². The van der Waals surface area contributed by atoms with Crippen molar-refractivity contribution in [2.45, 2.75) is 83.3 Å². The van der Waals surface area contributed by atoms with Crippen molar-refractivity contribution in [3.8, 4) is 0 Å². The molecule has 0 radical (unpaired) electrons. The molecule has 3 aliphatic rings. The van der Waals surface area contributed by atoms with Gasteiger partial charge in [0, 0.05) is 30.7 Å². The summed E-state index contributed by atoms with van der Waals surface area (Å²) in [6, 6.07) is 1.09. The summed E-state index contributed by atoms with van der Waals surface area (Å²) in [5, 5.41) is 3.33. The summed E-state index contributed by atoms with van der Waals surface area (Å²) in [6.45, 7) is 13.4. The van der Waals surface area contributed by atoms with E-state index in [-0.39, 0.29) is 6.03 Å². The van der Waals surface area contributed by atoms with Gasteiger partial charge in [0.25, 0.3) is 0 Å². The highest BCUT2D eigenvalue weighted by molar-refractivity contribution is 5.74. The average Bonchev–Trinajstić information content (AvgIpc) is 3.30. The van der Waals surface area contributed by atoms with Crippen molar-refractivity contribution in [1.82, 2.24) is 20.0 Å². The summed E-state index contributed by atoms with van der Waals surface area (Å²) < 4.78 is 0. The molecule has 5 nitrogen and oxygen atoms in total. The van der Waals surface area contributed by atoms with E-state index in [0.717, 1.165) is 45.4 Å². The minimum atomic E-state index is 0.171. The molecular formula is C20H38N4O. The smallest absolute Gasteiger partial charge is 0.317 e. The first kappa shape index (κ1) is 19.0. The molecule has 2 heterocycles. The molecule has 5 heteroatoms. The lowest BCUT2D eigenvalue weighted by molar-refractivity contribution is 0.0798. The van der Waals surface area contributed by atoms with E-state index in [0.29, 0.717) is 17.6 Å². The number of likely N-dealkylation sites (tertiary alicyclic amines) is 2. The van der Waals surface area contributed by atoms with Gasteiger partial charge in [0.2, 0.25) is 0 Å². The maximum Gasteiger partial charge on any atom is 0.317 e. The van der Waals surface area contributed by atoms with Crippen molar-refractivity contribution < 1.29 is 4.79 Å². The highest BCUT2D eigenvalue weighted by Crippen LogP contribution is 2.35. The SMILES string of the molecule is CCN(CC)C1CCN(C(=O)NC2CCC(C)(N3CCCC3)CC2)C1. The van der Waals surface area contributed by atoms with Crippen LogP contribution < -0.4 is 5.32 Å². The number of carbonyl (C=O) groups is 1. The Morgan fingerprint density at radius 2 is 1.72 bits per heavy atom. The normalized spacial score (nSPS) is 34.0. The molecule has 1 aliphatic carbocycles. The van der Waals surface area contributed by atoms with Gasteiger partial charge in [-0.15, -0.1) is 0 Å². The number of hydrogen-bond acceptors (Lipinski definition) is 3. The topological polar surface area (TPSA) is 38.8 Å². The van der Waals surface area contributed by atoms with E-state index in [2.05, 4.69) is 35.9 Å². The van der Waals surface area contributed by atoms with Crippen LogP contribution in [0, 0.1) is 0 Å². The minimum absolute atomic E-state index is 0.171. The fourth-order valence-corrected chi connectivity index (χ4v) is 5.19. The number of nitrogens with one attached hydrogen (secondary N) is 1. The molecule has 2 amide bonds. The molecule has 1 unspecified atom stereocenters. The number of likely N-dealkylation sites (N-methyl/N-ethyl adjacent to an activating group) is 1. The standard InChI is InChI=1S/C20H38N4O/c1-4-22(5-2)18-10-15-23(16-18)19(25)21-17-8-11-20(3,12-9-17)24-13-6-7-14-24/h17-18H,4-16H2,1-3H3,(H,21,25). The van der Waals surface area contributed by atoms with Crippen LogP contribution in [0.15, 0.2) is 0 Å². The number of rotatable bonds is 5. The molecule has 144 valence electrons. The summed E-state index contributed by atoms with van der Waals surface area (Å²) >= 11 is 0. The van der Waals surface area contributed by atoms with E-state index in [1.165, 1.54) is 38.8 Å². The highest BCUT2D eigenvalue weighted by atomic mass is 16.2. The van der Waals surface area contributed by atoms with Gasteiger partial charge < -0.3 is 10.2 Å². The van der Waals surface area contributed by atoms with Crippen molar-refractivity contribution in [3.05, 3.63) is 0 Å². The van der Waals surface area contributed by atoms with Crippen LogP contribution in [0.4, 0.5) is 4.79 Å². The van der Waals surface area contributed by atoms with Gasteiger partial charge in [-0.05, 0) is 78.0 Å². The third-order valence-corrected chi connectivity index (χ3v) is 7.04. The Bertz CT molecular complexity index is 437. The van der Waals surface area contributed by atoms with E-state index in [4.69, 9.17) is 0 Å². The first-order chi connectivity index (χ1) is 12.1. The lowest BCUT2D eigenvalue weighted by atomic mass is 9.79. The first-order valence-electron chi connectivity index (χ1n) is 10.6. The Kier molecular flexibility index (Phi) is 6.26. The molecule has 1 N–H and O–H groups in total. The van der Waals surface area contributed by atoms with Crippen LogP contribution in [-0.2, 0) is 0 Å². The zero-order valence-corrected chi connectivity index (χ0v) is 16.6. The maximum absolute atomic E-state index is 12.7. The third-order valence-electron chi connectivity index (χ3n) is 7.04. The number of urea groups is 1. The van der Waals surface area contributed by atoms with Gasteiger partial charge in [-0.3, -0.25) is 9.80 Å². The summed E-state index contributed by atoms with van der Waals surface area (Å²) in [6.07, 6.45) is 8.54. The third kappa shape index (κ3) is 4.30. The van der Waals surface area contributed by atoms with Crippen LogP contribution in [0.1, 0.15) is 65.7 Å². The molecule has 0 aromatic heterocycles. The molecule has 25 heavy (non-hydrogen) atoms. The molecule has 2 aliphatic heterocycles. The molecule has 0 aromatic rings. The number of hydrogen-bond donors (Lipinski definition) is 1. The van der Waals surface area contributed by atoms with Gasteiger partial charge in [-0.25, -0.2) is 4.79 Å². The Morgan fingerprint density at radius 3 is 2.32 bits per heavy atom. The molecule has 3 fully saturated rings. The molecule has 0 spiro atoms. The molecule has 3 rings (SSSR count). The Morgan fingerprint density at radius 1 is 1.08 bits per heavy atom. The van der Waals surface area contributed by atoms with Crippen LogP contribution in [0.25, 0.3) is 0 Å². The lowest BCUT2D eigenvalue weighted by Crippen LogP contribution is -2.52. The maximum atomic E-state index is 12.7. The zero-order valence-electron chi connectivity index (χ0n) is 16.6. The van der Waals surface area contributed by atoms with Crippen molar-refractivity contribution >= 4 is 6.03 Å². The average molecular weight is 351 g/mol. The first-order valence-corrected chi connectivity index (χ1v) is 10.6. The van der Waals surface area contributed by atoms with Crippen LogP contribution >= 0.6 is 0 Å². The predicted octanol–water partition coefficient (Wildman–Crippen LogP) is 2.91. The zero-order chi connectivity index (χ0) is 17.9. The van der Waals surface area contributed by atoms with Gasteiger partial charge in [0.1, 0.15) is 0 Å². The second-order valence-electron chi connectivity index (χ2n) is 8.52. The highest BCUT2D eigenvalue weighted by Gasteiger charge is 2.38. The molecular weight excluding hydrogens is 312 g/mol. The fourth-order valence-electron chi connectivity index (χ4n) is 5.19. The number of nitrogens with zero attached hydrogens (tertiary/aromatic N) is 3. The fraction of sp³-hybridized carbons (Fsp3) is 0.950. The van der Waals surface area contributed by atoms with Crippen molar-refractivity contribution in [2.75, 3.05) is 39.3 Å². The minimum Gasteiger partial charge on any atom is -0.335 e. The van der Waals surface area contributed by atoms with Crippen LogP contribution in [0.3, 0.4) is 0 Å². The second kappa shape index (κ2) is 8.26. The molecule has 1 saturated carbocycles. The van der Waals surface area contributed by atoms with Crippen molar-refractivity contribution in [3.63, 3.8) is 0 Å². The van der Waals surface area contributed by atoms with Gasteiger partial charge in [0.15, 0.2) is 0 Å². The van der Waals surface area contributed by atoms with E-state index < -0.39 is 0 Å². The predicted molar refractivity (Wildman–Crippen MR) is 103 cm³/mol. The van der Waals surface area contributed by atoms with Crippen LogP contribution in [0.2, 0.25) is 0 Å². The van der Waals surface area contributed by atoms with E-state index >= 15 is 0 Å². The van der Waals surface area contributed by atoms with Gasteiger partial charge >= 0.3 is 6.03 Å². The lowest BCUT2D eigenvalue weighted by Gasteiger charge is -2.44. The Labute approximate surface area is 154 Å². The molecule has 0 aromatic carbocycles. The van der Waals surface area contributed by atoms with E-state index in [1.54, 1.807) is 0 Å². The quantitative estimate of drug-likeness (QED) is 0.829. The summed E-state index contributed by atoms with van der Waals surface area (Å²) in [5.41, 5.74) is 0.374. The van der Waals surface area contributed by atoms with Gasteiger partial charge in [-0.1, -0.05) is 13.8 Å². The summed E-state index contributed by atoms with van der Waals surface area (Å²) in [7, 11) is 0. The summed E-state index contributed by atoms with van der Waals surface area (Å²) in [5.74, 6) is 0. The van der Waals surface area contributed by atoms with E-state index in [1.807, 2.05) is 4.90 Å². The van der Waals surface area contributed by atoms with E-state index in [9.17, 15) is 4.79 Å². The Balaban J connectivity index is 1.44. The number of carbonyl (C=O) groups excluding carboxylic acids is 1. The van der Waals surface area contributed by atoms with Gasteiger partial charge in [-0.2, -0.15) is 0 Å². The van der Waals surface area contributed by atoms with Crippen LogP contribution in [-0.4, -0.2) is 77.6 Å². The second-order valence-corrected chi connectivity index (χ2v) is 8.52. The molecule has 2 saturated heterocycles. The van der Waals surface area contributed by atoms with Crippen molar-refractivity contribution in [2.24, 2.45) is 0 Å². The van der Waals surface area contributed by atoms with Gasteiger partial charge in [0.05, 0.1) is 0 Å².